The Bertz CT molecular complexity index is 904. The van der Waals surface area contributed by atoms with Crippen molar-refractivity contribution in [2.75, 3.05) is 14.2 Å². The Morgan fingerprint density at radius 3 is 2.54 bits per heavy atom. The number of hydrogen-bond acceptors (Lipinski definition) is 6. The monoisotopic (exact) mass is 368 g/mol. The highest BCUT2D eigenvalue weighted by molar-refractivity contribution is 8.18. The molecule has 1 saturated heterocycles. The van der Waals surface area contributed by atoms with Crippen LogP contribution in [0.1, 0.15) is 15.9 Å². The summed E-state index contributed by atoms with van der Waals surface area (Å²) in [6.45, 7) is 0. The van der Waals surface area contributed by atoms with Crippen molar-refractivity contribution in [2.45, 2.75) is 0 Å². The summed E-state index contributed by atoms with van der Waals surface area (Å²) in [5.41, 5.74) is 1.90. The molecule has 1 N–H and O–H groups in total. The Hall–Kier alpha value is -3.06. The van der Waals surface area contributed by atoms with Crippen LogP contribution in [0.3, 0.4) is 0 Å². The molecule has 1 aliphatic heterocycles. The number of methoxy groups -OCH3 is 2. The van der Waals surface area contributed by atoms with Gasteiger partial charge in [0.15, 0.2) is 5.17 Å². The zero-order chi connectivity index (χ0) is 18.5. The topological polar surface area (TPSA) is 77.0 Å². The van der Waals surface area contributed by atoms with Crippen LogP contribution >= 0.6 is 11.8 Å². The van der Waals surface area contributed by atoms with Crippen molar-refractivity contribution in [1.29, 1.82) is 0 Å². The van der Waals surface area contributed by atoms with Crippen LogP contribution in [-0.4, -0.2) is 31.3 Å². The van der Waals surface area contributed by atoms with E-state index in [-0.39, 0.29) is 5.91 Å². The maximum absolute atomic E-state index is 12.2. The average molecular weight is 368 g/mol. The molecule has 1 amide bonds. The Morgan fingerprint density at radius 2 is 1.85 bits per heavy atom. The van der Waals surface area contributed by atoms with Crippen molar-refractivity contribution < 1.29 is 19.1 Å². The van der Waals surface area contributed by atoms with Crippen molar-refractivity contribution >= 4 is 40.6 Å². The molecule has 0 atom stereocenters. The highest BCUT2D eigenvalue weighted by Gasteiger charge is 2.24. The van der Waals surface area contributed by atoms with E-state index in [1.807, 2.05) is 18.2 Å². The molecule has 0 aliphatic carbocycles. The molecule has 0 aromatic heterocycles. The highest BCUT2D eigenvalue weighted by atomic mass is 32.2. The molecule has 0 radical (unpaired) electrons. The van der Waals surface area contributed by atoms with Crippen molar-refractivity contribution in [1.82, 2.24) is 5.32 Å². The quantitative estimate of drug-likeness (QED) is 0.661. The predicted molar refractivity (Wildman–Crippen MR) is 102 cm³/mol. The first-order valence-corrected chi connectivity index (χ1v) is 8.53. The summed E-state index contributed by atoms with van der Waals surface area (Å²) < 4.78 is 9.93. The molecule has 1 fully saturated rings. The van der Waals surface area contributed by atoms with E-state index in [1.165, 1.54) is 18.9 Å². The van der Waals surface area contributed by atoms with Crippen LogP contribution in [-0.2, 0) is 9.53 Å². The van der Waals surface area contributed by atoms with Crippen LogP contribution in [0.15, 0.2) is 58.4 Å². The number of rotatable bonds is 4. The first-order valence-electron chi connectivity index (χ1n) is 7.71. The zero-order valence-electron chi connectivity index (χ0n) is 14.2. The molecule has 2 aromatic rings. The third-order valence-corrected chi connectivity index (χ3v) is 4.50. The smallest absolute Gasteiger partial charge is 0.337 e. The van der Waals surface area contributed by atoms with Gasteiger partial charge in [-0.25, -0.2) is 9.79 Å². The summed E-state index contributed by atoms with van der Waals surface area (Å²) in [7, 11) is 2.91. The number of esters is 1. The number of carbonyl (C=O) groups excluding carboxylic acids is 2. The number of thioether (sulfide) groups is 1. The van der Waals surface area contributed by atoms with Gasteiger partial charge in [-0.3, -0.25) is 4.79 Å². The normalized spacial score (nSPS) is 16.6. The number of nitrogens with one attached hydrogen (secondary N) is 1. The molecule has 0 spiro atoms. The molecule has 0 saturated carbocycles. The number of benzene rings is 2. The van der Waals surface area contributed by atoms with Crippen molar-refractivity contribution in [3.05, 3.63) is 64.6 Å². The van der Waals surface area contributed by atoms with Crippen LogP contribution < -0.4 is 10.1 Å². The number of ether oxygens (including phenoxy) is 2. The number of amidine groups is 1. The second kappa shape index (κ2) is 7.88. The van der Waals surface area contributed by atoms with Crippen LogP contribution in [0.4, 0.5) is 5.69 Å². The number of aliphatic imine (C=N–C) groups is 1. The molecule has 3 rings (SSSR count). The Balaban J connectivity index is 1.80. The SMILES string of the molecule is COC(=O)c1ccc(C=C2SC(=Nc3ccccc3OC)NC2=O)cc1. The van der Waals surface area contributed by atoms with E-state index in [4.69, 9.17) is 4.74 Å². The first kappa shape index (κ1) is 17.8. The number of nitrogens with zero attached hydrogens (tertiary/aromatic N) is 1. The first-order chi connectivity index (χ1) is 12.6. The summed E-state index contributed by atoms with van der Waals surface area (Å²) in [6.07, 6.45) is 1.74. The fourth-order valence-electron chi connectivity index (χ4n) is 2.30. The van der Waals surface area contributed by atoms with E-state index in [0.29, 0.717) is 27.1 Å². The molecule has 0 bridgehead atoms. The van der Waals surface area contributed by atoms with Crippen LogP contribution in [0.25, 0.3) is 6.08 Å². The van der Waals surface area contributed by atoms with Crippen molar-refractivity contribution in [3.8, 4) is 5.75 Å². The molecule has 26 heavy (non-hydrogen) atoms. The fourth-order valence-corrected chi connectivity index (χ4v) is 3.13. The molecule has 6 nitrogen and oxygen atoms in total. The number of para-hydroxylation sites is 2. The van der Waals surface area contributed by atoms with Gasteiger partial charge in [0.25, 0.3) is 5.91 Å². The lowest BCUT2D eigenvalue weighted by molar-refractivity contribution is -0.115. The summed E-state index contributed by atoms with van der Waals surface area (Å²) in [5, 5.41) is 3.22. The Morgan fingerprint density at radius 1 is 1.12 bits per heavy atom. The van der Waals surface area contributed by atoms with Gasteiger partial charge in [-0.15, -0.1) is 0 Å². The lowest BCUT2D eigenvalue weighted by Gasteiger charge is -2.03. The summed E-state index contributed by atoms with van der Waals surface area (Å²) >= 11 is 1.25. The van der Waals surface area contributed by atoms with Gasteiger partial charge in [-0.05, 0) is 47.7 Å². The van der Waals surface area contributed by atoms with Gasteiger partial charge in [-0.1, -0.05) is 24.3 Å². The maximum atomic E-state index is 12.2. The Kier molecular flexibility index (Phi) is 5.38. The van der Waals surface area contributed by atoms with Gasteiger partial charge in [-0.2, -0.15) is 0 Å². The lowest BCUT2D eigenvalue weighted by Crippen LogP contribution is -2.19. The number of amides is 1. The second-order valence-electron chi connectivity index (χ2n) is 5.27. The van der Waals surface area contributed by atoms with E-state index < -0.39 is 5.97 Å². The minimum Gasteiger partial charge on any atom is -0.494 e. The van der Waals surface area contributed by atoms with Gasteiger partial charge < -0.3 is 14.8 Å². The minimum atomic E-state index is -0.400. The van der Waals surface area contributed by atoms with Crippen molar-refractivity contribution in [3.63, 3.8) is 0 Å². The molecule has 7 heteroatoms. The Labute approximate surface area is 154 Å². The molecule has 0 unspecified atom stereocenters. The number of carbonyl (C=O) groups is 2. The fraction of sp³-hybridized carbons (Fsp3) is 0.105. The van der Waals surface area contributed by atoms with Crippen LogP contribution in [0.5, 0.6) is 5.75 Å². The molecule has 132 valence electrons. The van der Waals surface area contributed by atoms with Crippen LogP contribution in [0, 0.1) is 0 Å². The third-order valence-electron chi connectivity index (χ3n) is 3.59. The largest absolute Gasteiger partial charge is 0.494 e. The summed E-state index contributed by atoms with van der Waals surface area (Å²) in [5.74, 6) is 0.00906. The third kappa shape index (κ3) is 3.94. The van der Waals surface area contributed by atoms with E-state index >= 15 is 0 Å². The molecule has 1 aliphatic rings. The molecular formula is C19H16N2O4S. The van der Waals surface area contributed by atoms with Gasteiger partial charge >= 0.3 is 5.97 Å². The highest BCUT2D eigenvalue weighted by Crippen LogP contribution is 2.31. The lowest BCUT2D eigenvalue weighted by atomic mass is 10.1. The average Bonchev–Trinajstić information content (AvgIpc) is 3.01. The minimum absolute atomic E-state index is 0.222. The summed E-state index contributed by atoms with van der Waals surface area (Å²) in [4.78, 5) is 28.6. The predicted octanol–water partition coefficient (Wildman–Crippen LogP) is 3.37. The summed E-state index contributed by atoms with van der Waals surface area (Å²) in [6, 6.07) is 14.1. The molecular weight excluding hydrogens is 352 g/mol. The van der Waals surface area contributed by atoms with E-state index in [0.717, 1.165) is 5.56 Å². The second-order valence-corrected chi connectivity index (χ2v) is 6.30. The number of hydrogen-bond donors (Lipinski definition) is 1. The van der Waals surface area contributed by atoms with E-state index in [9.17, 15) is 9.59 Å². The van der Waals surface area contributed by atoms with Crippen LogP contribution in [0.2, 0.25) is 0 Å². The van der Waals surface area contributed by atoms with E-state index in [1.54, 1.807) is 43.5 Å². The van der Waals surface area contributed by atoms with Crippen molar-refractivity contribution in [2.24, 2.45) is 4.99 Å². The molecule has 2 aromatic carbocycles. The van der Waals surface area contributed by atoms with Gasteiger partial charge in [0.1, 0.15) is 11.4 Å². The standard InChI is InChI=1S/C19H16N2O4S/c1-24-15-6-4-3-5-14(15)20-19-21-17(22)16(26-19)11-12-7-9-13(10-8-12)18(23)25-2/h3-11H,1-2H3,(H,20,21,22). The van der Waals surface area contributed by atoms with Gasteiger partial charge in [0.2, 0.25) is 0 Å². The zero-order valence-corrected chi connectivity index (χ0v) is 15.0. The van der Waals surface area contributed by atoms with Gasteiger partial charge in [0.05, 0.1) is 24.7 Å². The molecule has 1 heterocycles. The van der Waals surface area contributed by atoms with E-state index in [2.05, 4.69) is 15.0 Å². The maximum Gasteiger partial charge on any atom is 0.337 e. The van der Waals surface area contributed by atoms with Gasteiger partial charge in [0, 0.05) is 0 Å².